The Labute approximate surface area is 134 Å². The summed E-state index contributed by atoms with van der Waals surface area (Å²) in [6, 6.07) is 10.4. The number of anilines is 2. The summed E-state index contributed by atoms with van der Waals surface area (Å²) in [6.07, 6.45) is 5.03. The molecule has 1 aromatic carbocycles. The van der Waals surface area contributed by atoms with Crippen molar-refractivity contribution >= 4 is 17.5 Å². The van der Waals surface area contributed by atoms with E-state index in [0.29, 0.717) is 16.9 Å². The molecule has 0 saturated carbocycles. The molecule has 23 heavy (non-hydrogen) atoms. The largest absolute Gasteiger partial charge is 0.356 e. The number of nitrogens with zero attached hydrogens (tertiary/aromatic N) is 4. The smallest absolute Gasteiger partial charge is 0.256 e. The molecule has 0 radical (unpaired) electrons. The number of nitrogens with one attached hydrogen (secondary N) is 1. The molecule has 2 aromatic rings. The maximum absolute atomic E-state index is 12.3. The summed E-state index contributed by atoms with van der Waals surface area (Å²) in [7, 11) is 0. The minimum absolute atomic E-state index is 0.287. The predicted octanol–water partition coefficient (Wildman–Crippen LogP) is 2.59. The monoisotopic (exact) mass is 307 g/mol. The molecule has 1 amide bonds. The van der Waals surface area contributed by atoms with Gasteiger partial charge in [-0.1, -0.05) is 6.07 Å². The molecule has 3 rings (SSSR count). The maximum Gasteiger partial charge on any atom is 0.256 e. The van der Waals surface area contributed by atoms with Gasteiger partial charge in [-0.3, -0.25) is 4.79 Å². The molecule has 0 spiro atoms. The number of rotatable bonds is 3. The van der Waals surface area contributed by atoms with Crippen LogP contribution in [0.3, 0.4) is 0 Å². The van der Waals surface area contributed by atoms with Gasteiger partial charge in [0, 0.05) is 24.7 Å². The standard InChI is InChI=1S/C17H17N5O/c18-11-13-5-4-6-14(9-13)17(23)21-15-10-16(20-12-19-15)22-7-2-1-3-8-22/h4-6,9-10,12H,1-3,7-8H2,(H,19,20,21,23). The molecular formula is C17H17N5O. The topological polar surface area (TPSA) is 81.9 Å². The fourth-order valence-electron chi connectivity index (χ4n) is 2.63. The van der Waals surface area contributed by atoms with Gasteiger partial charge in [-0.05, 0) is 37.5 Å². The number of carbonyl (C=O) groups is 1. The van der Waals surface area contributed by atoms with Crippen molar-refractivity contribution in [2.45, 2.75) is 19.3 Å². The van der Waals surface area contributed by atoms with Gasteiger partial charge >= 0.3 is 0 Å². The first-order chi connectivity index (χ1) is 11.3. The molecule has 1 fully saturated rings. The first-order valence-corrected chi connectivity index (χ1v) is 7.65. The van der Waals surface area contributed by atoms with E-state index in [9.17, 15) is 4.79 Å². The summed E-state index contributed by atoms with van der Waals surface area (Å²) < 4.78 is 0. The van der Waals surface area contributed by atoms with Gasteiger partial charge in [-0.25, -0.2) is 9.97 Å². The van der Waals surface area contributed by atoms with Crippen LogP contribution in [0.4, 0.5) is 11.6 Å². The van der Waals surface area contributed by atoms with Crippen LogP contribution in [-0.2, 0) is 0 Å². The molecule has 116 valence electrons. The molecule has 2 heterocycles. The van der Waals surface area contributed by atoms with Crippen molar-refractivity contribution in [3.63, 3.8) is 0 Å². The molecule has 1 saturated heterocycles. The zero-order valence-electron chi connectivity index (χ0n) is 12.7. The second kappa shape index (κ2) is 6.88. The van der Waals surface area contributed by atoms with E-state index >= 15 is 0 Å². The van der Waals surface area contributed by atoms with Crippen LogP contribution < -0.4 is 10.2 Å². The summed E-state index contributed by atoms with van der Waals surface area (Å²) in [5.41, 5.74) is 0.886. The second-order valence-corrected chi connectivity index (χ2v) is 5.46. The van der Waals surface area contributed by atoms with Gasteiger partial charge in [-0.15, -0.1) is 0 Å². The highest BCUT2D eigenvalue weighted by atomic mass is 16.1. The first kappa shape index (κ1) is 15.0. The molecule has 1 aromatic heterocycles. The summed E-state index contributed by atoms with van der Waals surface area (Å²) in [6.45, 7) is 1.96. The molecule has 6 nitrogen and oxygen atoms in total. The fraction of sp³-hybridized carbons (Fsp3) is 0.294. The van der Waals surface area contributed by atoms with Crippen LogP contribution in [-0.4, -0.2) is 29.0 Å². The molecule has 1 N–H and O–H groups in total. The summed E-state index contributed by atoms with van der Waals surface area (Å²) in [4.78, 5) is 22.9. The maximum atomic E-state index is 12.3. The molecule has 0 aliphatic carbocycles. The van der Waals surface area contributed by atoms with Gasteiger partial charge in [0.05, 0.1) is 11.6 Å². The highest BCUT2D eigenvalue weighted by Gasteiger charge is 2.14. The quantitative estimate of drug-likeness (QED) is 0.942. The number of aromatic nitrogens is 2. The zero-order valence-corrected chi connectivity index (χ0v) is 12.7. The van der Waals surface area contributed by atoms with Crippen molar-refractivity contribution in [2.24, 2.45) is 0 Å². The Morgan fingerprint density at radius 1 is 1.17 bits per heavy atom. The summed E-state index contributed by atoms with van der Waals surface area (Å²) >= 11 is 0. The van der Waals surface area contributed by atoms with Gasteiger partial charge in [0.15, 0.2) is 0 Å². The van der Waals surface area contributed by atoms with Crippen LogP contribution in [0.2, 0.25) is 0 Å². The zero-order chi connectivity index (χ0) is 16.1. The highest BCUT2D eigenvalue weighted by Crippen LogP contribution is 2.19. The van der Waals surface area contributed by atoms with Crippen LogP contribution in [0.25, 0.3) is 0 Å². The van der Waals surface area contributed by atoms with E-state index in [0.717, 1.165) is 31.7 Å². The number of amides is 1. The third kappa shape index (κ3) is 3.64. The van der Waals surface area contributed by atoms with Crippen LogP contribution in [0, 0.1) is 11.3 Å². The van der Waals surface area contributed by atoms with Crippen LogP contribution >= 0.6 is 0 Å². The van der Waals surface area contributed by atoms with Gasteiger partial charge in [0.1, 0.15) is 18.0 Å². The van der Waals surface area contributed by atoms with Crippen LogP contribution in [0.15, 0.2) is 36.7 Å². The van der Waals surface area contributed by atoms with Crippen LogP contribution in [0.5, 0.6) is 0 Å². The van der Waals surface area contributed by atoms with E-state index in [1.165, 1.54) is 12.7 Å². The number of carbonyl (C=O) groups excluding carboxylic acids is 1. The van der Waals surface area contributed by atoms with Crippen molar-refractivity contribution in [1.82, 2.24) is 9.97 Å². The number of nitriles is 1. The number of benzene rings is 1. The Hall–Kier alpha value is -2.94. The lowest BCUT2D eigenvalue weighted by Crippen LogP contribution is -2.30. The number of piperidine rings is 1. The summed E-state index contributed by atoms with van der Waals surface area (Å²) in [5, 5.41) is 11.7. The van der Waals surface area contributed by atoms with Crippen LogP contribution in [0.1, 0.15) is 35.2 Å². The van der Waals surface area contributed by atoms with Crippen molar-refractivity contribution in [2.75, 3.05) is 23.3 Å². The molecule has 0 bridgehead atoms. The van der Waals surface area contributed by atoms with Gasteiger partial charge in [-0.2, -0.15) is 5.26 Å². The molecule has 0 atom stereocenters. The minimum Gasteiger partial charge on any atom is -0.356 e. The van der Waals surface area contributed by atoms with E-state index in [2.05, 4.69) is 20.2 Å². The van der Waals surface area contributed by atoms with E-state index in [1.54, 1.807) is 30.3 Å². The van der Waals surface area contributed by atoms with Crippen molar-refractivity contribution in [3.8, 4) is 6.07 Å². The molecule has 6 heteroatoms. The fourth-order valence-corrected chi connectivity index (χ4v) is 2.63. The number of hydrogen-bond donors (Lipinski definition) is 1. The third-order valence-corrected chi connectivity index (χ3v) is 3.83. The second-order valence-electron chi connectivity index (χ2n) is 5.46. The summed E-state index contributed by atoms with van der Waals surface area (Å²) in [5.74, 6) is 1.01. The Bertz CT molecular complexity index is 747. The normalized spacial score (nSPS) is 14.1. The van der Waals surface area contributed by atoms with Crippen molar-refractivity contribution < 1.29 is 4.79 Å². The van der Waals surface area contributed by atoms with Gasteiger partial charge in [0.2, 0.25) is 0 Å². The van der Waals surface area contributed by atoms with E-state index in [4.69, 9.17) is 5.26 Å². The van der Waals surface area contributed by atoms with Gasteiger partial charge < -0.3 is 10.2 Å². The Balaban J connectivity index is 1.74. The SMILES string of the molecule is N#Cc1cccc(C(=O)Nc2cc(N3CCCCC3)ncn2)c1. The Morgan fingerprint density at radius 2 is 2.00 bits per heavy atom. The molecule has 0 unspecified atom stereocenters. The average Bonchev–Trinajstić information content (AvgIpc) is 2.63. The highest BCUT2D eigenvalue weighted by molar-refractivity contribution is 6.04. The lowest BCUT2D eigenvalue weighted by atomic mass is 10.1. The van der Waals surface area contributed by atoms with E-state index < -0.39 is 0 Å². The van der Waals surface area contributed by atoms with E-state index in [1.807, 2.05) is 6.07 Å². The lowest BCUT2D eigenvalue weighted by molar-refractivity contribution is 0.102. The van der Waals surface area contributed by atoms with Gasteiger partial charge in [0.25, 0.3) is 5.91 Å². The molecular weight excluding hydrogens is 290 g/mol. The van der Waals surface area contributed by atoms with Crippen molar-refractivity contribution in [3.05, 3.63) is 47.8 Å². The predicted molar refractivity (Wildman–Crippen MR) is 87.2 cm³/mol. The minimum atomic E-state index is -0.287. The van der Waals surface area contributed by atoms with E-state index in [-0.39, 0.29) is 5.91 Å². The lowest BCUT2D eigenvalue weighted by Gasteiger charge is -2.27. The molecule has 1 aliphatic rings. The average molecular weight is 307 g/mol. The number of hydrogen-bond acceptors (Lipinski definition) is 5. The molecule has 1 aliphatic heterocycles. The Morgan fingerprint density at radius 3 is 2.78 bits per heavy atom. The third-order valence-electron chi connectivity index (χ3n) is 3.83. The first-order valence-electron chi connectivity index (χ1n) is 7.65. The Kier molecular flexibility index (Phi) is 4.48. The van der Waals surface area contributed by atoms with Crippen molar-refractivity contribution in [1.29, 1.82) is 5.26 Å².